The number of hydrogen-bond acceptors (Lipinski definition) is 4. The number of amides is 1. The van der Waals surface area contributed by atoms with E-state index >= 15 is 0 Å². The van der Waals surface area contributed by atoms with Crippen LogP contribution in [0.4, 0.5) is 0 Å². The van der Waals surface area contributed by atoms with Crippen LogP contribution < -0.4 is 20.1 Å². The van der Waals surface area contributed by atoms with Crippen LogP contribution >= 0.6 is 0 Å². The molecule has 26 heavy (non-hydrogen) atoms. The molecular weight excluding hydrogens is 328 g/mol. The minimum Gasteiger partial charge on any atom is -0.497 e. The number of ether oxygens (including phenoxy) is 2. The highest BCUT2D eigenvalue weighted by molar-refractivity contribution is 5.78. The van der Waals surface area contributed by atoms with E-state index in [0.717, 1.165) is 23.6 Å². The van der Waals surface area contributed by atoms with Crippen molar-refractivity contribution in [2.45, 2.75) is 39.4 Å². The number of para-hydroxylation sites is 1. The summed E-state index contributed by atoms with van der Waals surface area (Å²) in [6, 6.07) is 15.7. The monoisotopic (exact) mass is 356 g/mol. The summed E-state index contributed by atoms with van der Waals surface area (Å²) in [5.41, 5.74) is 1.93. The van der Waals surface area contributed by atoms with Gasteiger partial charge in [-0.05, 0) is 44.5 Å². The molecule has 0 unspecified atom stereocenters. The van der Waals surface area contributed by atoms with E-state index in [1.807, 2.05) is 69.3 Å². The highest BCUT2D eigenvalue weighted by Crippen LogP contribution is 2.18. The molecule has 2 rings (SSSR count). The Kier molecular flexibility index (Phi) is 7.04. The van der Waals surface area contributed by atoms with Crippen LogP contribution in [0.25, 0.3) is 0 Å². The molecule has 0 aliphatic carbocycles. The Morgan fingerprint density at radius 2 is 1.69 bits per heavy atom. The summed E-state index contributed by atoms with van der Waals surface area (Å²) in [5, 5.41) is 6.29. The molecular formula is C21H28N2O3. The normalized spacial score (nSPS) is 11.1. The summed E-state index contributed by atoms with van der Waals surface area (Å²) in [6.45, 7) is 7.24. The van der Waals surface area contributed by atoms with Crippen LogP contribution in [0.15, 0.2) is 48.5 Å². The van der Waals surface area contributed by atoms with Crippen LogP contribution in [0.2, 0.25) is 0 Å². The third kappa shape index (κ3) is 6.76. The van der Waals surface area contributed by atoms with Gasteiger partial charge >= 0.3 is 0 Å². The molecule has 2 aromatic carbocycles. The van der Waals surface area contributed by atoms with Gasteiger partial charge in [-0.2, -0.15) is 0 Å². The van der Waals surface area contributed by atoms with E-state index in [-0.39, 0.29) is 18.1 Å². The van der Waals surface area contributed by atoms with E-state index in [4.69, 9.17) is 9.47 Å². The Hall–Kier alpha value is -2.53. The molecule has 0 aliphatic heterocycles. The maximum absolute atomic E-state index is 11.9. The van der Waals surface area contributed by atoms with Crippen LogP contribution in [-0.4, -0.2) is 25.2 Å². The summed E-state index contributed by atoms with van der Waals surface area (Å²) >= 11 is 0. The highest BCUT2D eigenvalue weighted by Gasteiger charge is 2.14. The zero-order valence-electron chi connectivity index (χ0n) is 16.0. The predicted octanol–water partition coefficient (Wildman–Crippen LogP) is 3.28. The SMILES string of the molecule is COc1ccc(CNCc2ccccc2OCC(=O)NC(C)(C)C)cc1. The van der Waals surface area contributed by atoms with Crippen molar-refractivity contribution >= 4 is 5.91 Å². The fraction of sp³-hybridized carbons (Fsp3) is 0.381. The summed E-state index contributed by atoms with van der Waals surface area (Å²) in [4.78, 5) is 11.9. The average Bonchev–Trinajstić information content (AvgIpc) is 2.60. The second-order valence-electron chi connectivity index (χ2n) is 7.15. The smallest absolute Gasteiger partial charge is 0.258 e. The third-order valence-corrected chi connectivity index (χ3v) is 3.65. The number of methoxy groups -OCH3 is 1. The van der Waals surface area contributed by atoms with E-state index < -0.39 is 0 Å². The second-order valence-corrected chi connectivity index (χ2v) is 7.15. The molecule has 1 amide bonds. The van der Waals surface area contributed by atoms with E-state index in [1.165, 1.54) is 5.56 Å². The number of rotatable bonds is 8. The number of carbonyl (C=O) groups is 1. The Morgan fingerprint density at radius 3 is 2.35 bits per heavy atom. The van der Waals surface area contributed by atoms with Gasteiger partial charge in [-0.15, -0.1) is 0 Å². The standard InChI is InChI=1S/C21H28N2O3/c1-21(2,3)23-20(24)15-26-19-8-6-5-7-17(19)14-22-13-16-9-11-18(25-4)12-10-16/h5-12,22H,13-15H2,1-4H3,(H,23,24). The zero-order chi connectivity index (χ0) is 19.0. The molecule has 0 aromatic heterocycles. The molecule has 5 heteroatoms. The van der Waals surface area contributed by atoms with Gasteiger partial charge in [0.25, 0.3) is 5.91 Å². The maximum atomic E-state index is 11.9. The Labute approximate surface area is 155 Å². The van der Waals surface area contributed by atoms with Crippen molar-refractivity contribution in [1.29, 1.82) is 0 Å². The molecule has 2 N–H and O–H groups in total. The fourth-order valence-electron chi connectivity index (χ4n) is 2.47. The zero-order valence-corrected chi connectivity index (χ0v) is 16.0. The molecule has 5 nitrogen and oxygen atoms in total. The van der Waals surface area contributed by atoms with Gasteiger partial charge in [0.05, 0.1) is 7.11 Å². The molecule has 2 aromatic rings. The first-order valence-electron chi connectivity index (χ1n) is 8.73. The van der Waals surface area contributed by atoms with Crippen LogP contribution in [0.1, 0.15) is 31.9 Å². The van der Waals surface area contributed by atoms with Crippen LogP contribution in [0.5, 0.6) is 11.5 Å². The number of benzene rings is 2. The quantitative estimate of drug-likeness (QED) is 0.762. The van der Waals surface area contributed by atoms with E-state index in [9.17, 15) is 4.79 Å². The van der Waals surface area contributed by atoms with Crippen molar-refractivity contribution in [1.82, 2.24) is 10.6 Å². The Bertz CT molecular complexity index is 706. The van der Waals surface area contributed by atoms with Crippen molar-refractivity contribution in [3.63, 3.8) is 0 Å². The highest BCUT2D eigenvalue weighted by atomic mass is 16.5. The summed E-state index contributed by atoms with van der Waals surface area (Å²) < 4.78 is 10.9. The Morgan fingerprint density at radius 1 is 1.00 bits per heavy atom. The molecule has 0 heterocycles. The number of carbonyl (C=O) groups excluding carboxylic acids is 1. The largest absolute Gasteiger partial charge is 0.497 e. The first-order valence-corrected chi connectivity index (χ1v) is 8.73. The van der Waals surface area contributed by atoms with Crippen molar-refractivity contribution in [3.8, 4) is 11.5 Å². The lowest BCUT2D eigenvalue weighted by molar-refractivity contribution is -0.124. The van der Waals surface area contributed by atoms with Crippen LogP contribution in [0, 0.1) is 0 Å². The van der Waals surface area contributed by atoms with E-state index in [0.29, 0.717) is 6.54 Å². The average molecular weight is 356 g/mol. The summed E-state index contributed by atoms with van der Waals surface area (Å²) in [5.74, 6) is 1.44. The summed E-state index contributed by atoms with van der Waals surface area (Å²) in [7, 11) is 1.66. The molecule has 140 valence electrons. The first kappa shape index (κ1) is 19.8. The lowest BCUT2D eigenvalue weighted by Crippen LogP contribution is -2.43. The van der Waals surface area contributed by atoms with E-state index in [2.05, 4.69) is 10.6 Å². The lowest BCUT2D eigenvalue weighted by Gasteiger charge is -2.20. The second kappa shape index (κ2) is 9.25. The van der Waals surface area contributed by atoms with Crippen molar-refractivity contribution in [2.24, 2.45) is 0 Å². The first-order chi connectivity index (χ1) is 12.4. The van der Waals surface area contributed by atoms with Gasteiger partial charge in [-0.25, -0.2) is 0 Å². The Balaban J connectivity index is 1.86. The van der Waals surface area contributed by atoms with Crippen molar-refractivity contribution < 1.29 is 14.3 Å². The lowest BCUT2D eigenvalue weighted by atomic mass is 10.1. The summed E-state index contributed by atoms with van der Waals surface area (Å²) in [6.07, 6.45) is 0. The van der Waals surface area contributed by atoms with Gasteiger partial charge < -0.3 is 20.1 Å². The molecule has 0 aliphatic rings. The van der Waals surface area contributed by atoms with Crippen molar-refractivity contribution in [3.05, 3.63) is 59.7 Å². The van der Waals surface area contributed by atoms with Crippen molar-refractivity contribution in [2.75, 3.05) is 13.7 Å². The van der Waals surface area contributed by atoms with Crippen LogP contribution in [0.3, 0.4) is 0 Å². The van der Waals surface area contributed by atoms with Gasteiger partial charge in [-0.3, -0.25) is 4.79 Å². The molecule has 0 saturated carbocycles. The minimum atomic E-state index is -0.264. The van der Waals surface area contributed by atoms with Gasteiger partial charge in [0, 0.05) is 24.2 Å². The molecule has 0 atom stereocenters. The van der Waals surface area contributed by atoms with Gasteiger partial charge in [0.1, 0.15) is 11.5 Å². The molecule has 0 radical (unpaired) electrons. The fourth-order valence-corrected chi connectivity index (χ4v) is 2.47. The number of hydrogen-bond donors (Lipinski definition) is 2. The predicted molar refractivity (Wildman–Crippen MR) is 103 cm³/mol. The topological polar surface area (TPSA) is 59.6 Å². The molecule has 0 bridgehead atoms. The van der Waals surface area contributed by atoms with Gasteiger partial charge in [0.15, 0.2) is 6.61 Å². The van der Waals surface area contributed by atoms with Gasteiger partial charge in [-0.1, -0.05) is 30.3 Å². The minimum absolute atomic E-state index is 0.00671. The maximum Gasteiger partial charge on any atom is 0.258 e. The van der Waals surface area contributed by atoms with E-state index in [1.54, 1.807) is 7.11 Å². The third-order valence-electron chi connectivity index (χ3n) is 3.65. The van der Waals surface area contributed by atoms with Gasteiger partial charge in [0.2, 0.25) is 0 Å². The number of nitrogens with one attached hydrogen (secondary N) is 2. The molecule has 0 fully saturated rings. The molecule has 0 spiro atoms. The van der Waals surface area contributed by atoms with Crippen LogP contribution in [-0.2, 0) is 17.9 Å². The molecule has 0 saturated heterocycles.